The fraction of sp³-hybridized carbons (Fsp3) is 0.604. The van der Waals surface area contributed by atoms with Gasteiger partial charge in [-0.3, -0.25) is 0 Å². The van der Waals surface area contributed by atoms with Gasteiger partial charge in [-0.25, -0.2) is 14.8 Å². The van der Waals surface area contributed by atoms with Crippen molar-refractivity contribution in [2.45, 2.75) is 177 Å². The lowest BCUT2D eigenvalue weighted by Crippen LogP contribution is -2.51. The summed E-state index contributed by atoms with van der Waals surface area (Å²) in [5.41, 5.74) is 5.28. The van der Waals surface area contributed by atoms with Gasteiger partial charge >= 0.3 is 5.97 Å². The van der Waals surface area contributed by atoms with Crippen LogP contribution in [0.5, 0.6) is 0 Å². The first-order valence-corrected chi connectivity index (χ1v) is 24.7. The van der Waals surface area contributed by atoms with Crippen LogP contribution in [0.15, 0.2) is 92.7 Å². The molecule has 0 spiro atoms. The Labute approximate surface area is 410 Å². The molecule has 0 aromatic carbocycles. The Morgan fingerprint density at radius 3 is 2.57 bits per heavy atom. The van der Waals surface area contributed by atoms with Crippen LogP contribution in [0.1, 0.15) is 121 Å². The summed E-state index contributed by atoms with van der Waals surface area (Å²) in [6.45, 7) is 12.1. The molecule has 15 atom stereocenters. The summed E-state index contributed by atoms with van der Waals surface area (Å²) in [5.74, 6) is -1.97. The molecule has 0 aliphatic carbocycles. The maximum Gasteiger partial charge on any atom is 0.330 e. The average Bonchev–Trinajstić information content (AvgIpc) is 3.96. The van der Waals surface area contributed by atoms with Gasteiger partial charge in [0.1, 0.15) is 36.1 Å². The lowest BCUT2D eigenvalue weighted by atomic mass is 9.79. The molecule has 5 aliphatic rings. The molecule has 7 rings (SSSR count). The maximum absolute atomic E-state index is 13.6. The molecule has 2 aromatic heterocycles. The molecule has 378 valence electrons. The predicted octanol–water partition coefficient (Wildman–Crippen LogP) is 8.60. The Bertz CT molecular complexity index is 2210. The number of fused-ring (bicyclic) bond motifs is 9. The molecular weight excluding hydrogens is 908 g/mol. The number of esters is 1. The van der Waals surface area contributed by atoms with Crippen LogP contribution in [-0.2, 0) is 44.4 Å². The summed E-state index contributed by atoms with van der Waals surface area (Å²) in [6, 6.07) is 0. The number of aromatic nitrogens is 2. The van der Waals surface area contributed by atoms with E-state index in [1.165, 1.54) is 17.9 Å². The van der Waals surface area contributed by atoms with E-state index in [1.54, 1.807) is 38.7 Å². The molecule has 2 aromatic rings. The molecule has 15 nitrogen and oxygen atoms in total. The molecule has 4 fully saturated rings. The fourth-order valence-electron chi connectivity index (χ4n) is 10.4. The highest BCUT2D eigenvalue weighted by Crippen LogP contribution is 2.40. The average molecular weight is 980 g/mol. The molecule has 8 bridgehead atoms. The number of hydrogen-bond donors (Lipinski definition) is 3. The third-order valence-electron chi connectivity index (χ3n) is 13.9. The summed E-state index contributed by atoms with van der Waals surface area (Å²) < 4.78 is 55.2. The highest BCUT2D eigenvalue weighted by molar-refractivity contribution is 6.25. The SMILES string of the molecule is C=C1C[C@@H]2C[C@@H]3C[C@@H](O)C[C@@H](O3)c3coc(n3)C=CC[C@H]3O[C@@H](C(C)=Cc4coc(C[C@]5(O)C[C@H](OC)C[C@H]([C@H](O)C=C(C)C=C[C@@H](CC=CCl)OC)O5)n4)[C@H](C)[C@@H](OC(=O)C=CC[C@@H](C1)O2)[C@H]3C. The number of rotatable bonds is 12. The first-order valence-electron chi connectivity index (χ1n) is 24.3. The molecule has 0 radical (unpaired) electrons. The second-order valence-corrected chi connectivity index (χ2v) is 19.8. The normalized spacial score (nSPS) is 35.2. The Kier molecular flexibility index (Phi) is 18.7. The van der Waals surface area contributed by atoms with Crippen molar-refractivity contribution in [1.82, 2.24) is 9.97 Å². The lowest BCUT2D eigenvalue weighted by Gasteiger charge is -2.44. The van der Waals surface area contributed by atoms with Crippen LogP contribution in [0.3, 0.4) is 0 Å². The van der Waals surface area contributed by atoms with E-state index in [4.69, 9.17) is 63.6 Å². The van der Waals surface area contributed by atoms with E-state index >= 15 is 0 Å². The minimum absolute atomic E-state index is 0.0899. The van der Waals surface area contributed by atoms with Gasteiger partial charge in [0, 0.05) is 63.3 Å². The quantitative estimate of drug-likeness (QED) is 0.104. The van der Waals surface area contributed by atoms with E-state index in [0.29, 0.717) is 75.1 Å². The van der Waals surface area contributed by atoms with Crippen LogP contribution < -0.4 is 0 Å². The highest BCUT2D eigenvalue weighted by atomic mass is 35.5. The van der Waals surface area contributed by atoms with Crippen molar-refractivity contribution in [3.8, 4) is 0 Å². The number of aliphatic hydroxyl groups excluding tert-OH is 2. The summed E-state index contributed by atoms with van der Waals surface area (Å²) in [7, 11) is 3.19. The van der Waals surface area contributed by atoms with Crippen LogP contribution in [0.4, 0.5) is 0 Å². The number of methoxy groups -OCH3 is 2. The van der Waals surface area contributed by atoms with Crippen LogP contribution in [0.25, 0.3) is 12.2 Å². The first-order chi connectivity index (χ1) is 33.1. The van der Waals surface area contributed by atoms with Crippen LogP contribution >= 0.6 is 11.6 Å². The van der Waals surface area contributed by atoms with Gasteiger partial charge in [-0.15, -0.1) is 0 Å². The number of hydrogen-bond acceptors (Lipinski definition) is 15. The highest BCUT2D eigenvalue weighted by Gasteiger charge is 2.45. The molecule has 5 aliphatic heterocycles. The number of nitrogens with zero attached hydrogens (tertiary/aromatic N) is 2. The van der Waals surface area contributed by atoms with E-state index in [2.05, 4.69) is 6.58 Å². The van der Waals surface area contributed by atoms with Crippen molar-refractivity contribution in [3.05, 3.63) is 107 Å². The van der Waals surface area contributed by atoms with Crippen molar-refractivity contribution in [2.75, 3.05) is 14.2 Å². The molecule has 16 heteroatoms. The second-order valence-electron chi connectivity index (χ2n) is 19.5. The fourth-order valence-corrected chi connectivity index (χ4v) is 10.5. The van der Waals surface area contributed by atoms with E-state index in [1.807, 2.05) is 58.1 Å². The van der Waals surface area contributed by atoms with Gasteiger partial charge < -0.3 is 57.3 Å². The second kappa shape index (κ2) is 24.4. The largest absolute Gasteiger partial charge is 0.458 e. The standard InChI is InChI=1S/C53H71ClN2O13/c1-31(16-17-38(61-6)12-10-18-54)21-44(58)47-26-42(62-7)27-53(60,69-47)28-49-55-36(29-63-49)22-33(3)51-35(5)52-34(4)45(67-51)13-9-14-48-56-43(30-64-48)46-24-37(57)23-41(66-46)25-40-20-32(2)19-39(65-40)11-8-15-50(59)68-52/h8-10,14-18,21-22,29-30,34-35,37-42,44-47,51-52,57-58,60H,2,11-13,19-20,23-28H2,1,3-7H3/t34-,35-,37+,38+,39-,40+,41-,42+,44+,45+,46+,47+,51-,52-,53-/m0/s1. The predicted molar refractivity (Wildman–Crippen MR) is 258 cm³/mol. The van der Waals surface area contributed by atoms with E-state index < -0.39 is 54.5 Å². The lowest BCUT2D eigenvalue weighted by molar-refractivity contribution is -0.286. The molecule has 4 saturated heterocycles. The molecule has 69 heavy (non-hydrogen) atoms. The molecule has 0 unspecified atom stereocenters. The Morgan fingerprint density at radius 1 is 0.986 bits per heavy atom. The Hall–Kier alpha value is -4.00. The Balaban J connectivity index is 1.06. The number of allylic oxidation sites excluding steroid dienone is 2. The van der Waals surface area contributed by atoms with Crippen LogP contribution in [-0.4, -0.2) is 118 Å². The molecule has 3 N–H and O–H groups in total. The number of oxazole rings is 2. The van der Waals surface area contributed by atoms with Crippen molar-refractivity contribution in [1.29, 1.82) is 0 Å². The Morgan fingerprint density at radius 2 is 1.78 bits per heavy atom. The van der Waals surface area contributed by atoms with Crippen molar-refractivity contribution in [3.63, 3.8) is 0 Å². The number of carbonyl (C=O) groups is 1. The molecule has 0 saturated carbocycles. The van der Waals surface area contributed by atoms with E-state index in [9.17, 15) is 20.1 Å². The van der Waals surface area contributed by atoms with Crippen LogP contribution in [0, 0.1) is 11.8 Å². The molecular formula is C53H71ClN2O13. The number of halogens is 1. The minimum atomic E-state index is -1.74. The molecule has 0 amide bonds. The van der Waals surface area contributed by atoms with Gasteiger partial charge in [0.25, 0.3) is 0 Å². The zero-order valence-electron chi connectivity index (χ0n) is 40.7. The summed E-state index contributed by atoms with van der Waals surface area (Å²) in [4.78, 5) is 23.0. The van der Waals surface area contributed by atoms with Gasteiger partial charge in [-0.2, -0.15) is 0 Å². The topological polar surface area (TPSA) is 194 Å². The maximum atomic E-state index is 13.6. The van der Waals surface area contributed by atoms with Gasteiger partial charge in [0.2, 0.25) is 5.89 Å². The minimum Gasteiger partial charge on any atom is -0.458 e. The monoisotopic (exact) mass is 978 g/mol. The van der Waals surface area contributed by atoms with E-state index in [-0.39, 0.29) is 61.1 Å². The van der Waals surface area contributed by atoms with Gasteiger partial charge in [0.05, 0.1) is 67.5 Å². The van der Waals surface area contributed by atoms with Gasteiger partial charge in [-0.1, -0.05) is 79.6 Å². The summed E-state index contributed by atoms with van der Waals surface area (Å²) >= 11 is 5.68. The van der Waals surface area contributed by atoms with Gasteiger partial charge in [-0.05, 0) is 70.1 Å². The zero-order valence-corrected chi connectivity index (χ0v) is 41.4. The first kappa shape index (κ1) is 52.8. The van der Waals surface area contributed by atoms with Crippen LogP contribution in [0.2, 0.25) is 0 Å². The summed E-state index contributed by atoms with van der Waals surface area (Å²) in [6.07, 6.45) is 19.0. The third-order valence-corrected chi connectivity index (χ3v) is 14.0. The van der Waals surface area contributed by atoms with Gasteiger partial charge in [0.15, 0.2) is 11.7 Å². The van der Waals surface area contributed by atoms with E-state index in [0.717, 1.165) is 16.7 Å². The summed E-state index contributed by atoms with van der Waals surface area (Å²) in [5, 5.41) is 33.9. The number of carbonyl (C=O) groups excluding carboxylic acids is 1. The number of aliphatic hydroxyl groups is 3. The zero-order chi connectivity index (χ0) is 49.2. The van der Waals surface area contributed by atoms with Crippen molar-refractivity contribution >= 4 is 29.7 Å². The third kappa shape index (κ3) is 14.6. The molecule has 7 heterocycles. The van der Waals surface area contributed by atoms with Crippen molar-refractivity contribution in [2.24, 2.45) is 11.8 Å². The smallest absolute Gasteiger partial charge is 0.330 e. The number of ether oxygens (including phenoxy) is 7. The van der Waals surface area contributed by atoms with Crippen molar-refractivity contribution < 1.29 is 62.1 Å².